The zero-order valence-electron chi connectivity index (χ0n) is 8.69. The summed E-state index contributed by atoms with van der Waals surface area (Å²) in [6.45, 7) is 3.92. The van der Waals surface area contributed by atoms with Gasteiger partial charge in [-0.05, 0) is 12.0 Å². The van der Waals surface area contributed by atoms with E-state index in [0.29, 0.717) is 18.2 Å². The van der Waals surface area contributed by atoms with Gasteiger partial charge in [0, 0.05) is 12.6 Å². The summed E-state index contributed by atoms with van der Waals surface area (Å²) < 4.78 is 0. The predicted octanol–water partition coefficient (Wildman–Crippen LogP) is 1.33. The summed E-state index contributed by atoms with van der Waals surface area (Å²) in [5.74, 6) is 0.611. The predicted molar refractivity (Wildman–Crippen MR) is 54.8 cm³/mol. The molecule has 0 saturated heterocycles. The quantitative estimate of drug-likeness (QED) is 0.805. The van der Waals surface area contributed by atoms with E-state index >= 15 is 0 Å². The molecule has 0 radical (unpaired) electrons. The zero-order valence-corrected chi connectivity index (χ0v) is 8.69. The highest BCUT2D eigenvalue weighted by molar-refractivity contribution is 5.89. The van der Waals surface area contributed by atoms with Gasteiger partial charge in [-0.3, -0.25) is 4.79 Å². The normalized spacial score (nSPS) is 9.73. The first-order valence-corrected chi connectivity index (χ1v) is 4.65. The van der Waals surface area contributed by atoms with E-state index in [1.54, 1.807) is 6.07 Å². The molecule has 15 heavy (non-hydrogen) atoms. The van der Waals surface area contributed by atoms with Crippen molar-refractivity contribution in [3.05, 3.63) is 18.1 Å². The summed E-state index contributed by atoms with van der Waals surface area (Å²) in [6, 6.07) is 3.36. The third-order valence-corrected chi connectivity index (χ3v) is 1.62. The van der Waals surface area contributed by atoms with Crippen LogP contribution in [0.5, 0.6) is 0 Å². The van der Waals surface area contributed by atoms with E-state index in [0.717, 1.165) is 0 Å². The molecule has 1 aromatic heterocycles. The number of hydrogen-bond acceptors (Lipinski definition) is 4. The molecule has 0 bridgehead atoms. The molecule has 1 aromatic rings. The fourth-order valence-electron chi connectivity index (χ4n) is 1.05. The molecule has 0 atom stereocenters. The van der Waals surface area contributed by atoms with Gasteiger partial charge in [-0.2, -0.15) is 5.26 Å². The topological polar surface area (TPSA) is 78.7 Å². The molecule has 0 aliphatic carbocycles. The van der Waals surface area contributed by atoms with Gasteiger partial charge < -0.3 is 5.32 Å². The summed E-state index contributed by atoms with van der Waals surface area (Å²) >= 11 is 0. The number of anilines is 1. The van der Waals surface area contributed by atoms with Crippen LogP contribution >= 0.6 is 0 Å². The highest BCUT2D eigenvalue weighted by Gasteiger charge is 2.06. The van der Waals surface area contributed by atoms with E-state index < -0.39 is 0 Å². The van der Waals surface area contributed by atoms with Gasteiger partial charge in [0.2, 0.25) is 11.7 Å². The lowest BCUT2D eigenvalue weighted by Crippen LogP contribution is -2.15. The number of nitrogens with zero attached hydrogens (tertiary/aromatic N) is 3. The number of carbonyl (C=O) groups excluding carboxylic acids is 1. The highest BCUT2D eigenvalue weighted by Crippen LogP contribution is 2.05. The average molecular weight is 204 g/mol. The SMILES string of the molecule is CC(C)CC(=O)Nc1ccnc(C#N)n1. The molecule has 0 aliphatic rings. The van der Waals surface area contributed by atoms with Crippen LogP contribution < -0.4 is 5.32 Å². The molecular formula is C10H12N4O. The van der Waals surface area contributed by atoms with Crippen molar-refractivity contribution in [2.45, 2.75) is 20.3 Å². The van der Waals surface area contributed by atoms with Crippen LogP contribution in [0.4, 0.5) is 5.82 Å². The number of carbonyl (C=O) groups is 1. The zero-order chi connectivity index (χ0) is 11.3. The van der Waals surface area contributed by atoms with Crippen molar-refractivity contribution in [3.63, 3.8) is 0 Å². The molecule has 78 valence electrons. The Kier molecular flexibility index (Phi) is 3.75. The fourth-order valence-corrected chi connectivity index (χ4v) is 1.05. The number of aromatic nitrogens is 2. The molecule has 5 heteroatoms. The van der Waals surface area contributed by atoms with Crippen molar-refractivity contribution >= 4 is 11.7 Å². The lowest BCUT2D eigenvalue weighted by Gasteiger charge is -2.05. The van der Waals surface area contributed by atoms with Crippen LogP contribution in [0.15, 0.2) is 12.3 Å². The van der Waals surface area contributed by atoms with Crippen molar-refractivity contribution in [2.24, 2.45) is 5.92 Å². The van der Waals surface area contributed by atoms with Gasteiger partial charge in [0.1, 0.15) is 11.9 Å². The van der Waals surface area contributed by atoms with Crippen LogP contribution in [0.25, 0.3) is 0 Å². The monoisotopic (exact) mass is 204 g/mol. The van der Waals surface area contributed by atoms with Crippen LogP contribution in [0.3, 0.4) is 0 Å². The van der Waals surface area contributed by atoms with Gasteiger partial charge in [-0.1, -0.05) is 13.8 Å². The second kappa shape index (κ2) is 5.05. The van der Waals surface area contributed by atoms with Crippen molar-refractivity contribution < 1.29 is 4.79 Å². The lowest BCUT2D eigenvalue weighted by atomic mass is 10.1. The number of nitriles is 1. The van der Waals surface area contributed by atoms with Gasteiger partial charge >= 0.3 is 0 Å². The molecule has 0 fully saturated rings. The number of hydrogen-bond donors (Lipinski definition) is 1. The molecule has 1 rings (SSSR count). The number of rotatable bonds is 3. The third-order valence-electron chi connectivity index (χ3n) is 1.62. The molecule has 0 saturated carbocycles. The Morgan fingerprint density at radius 1 is 1.67 bits per heavy atom. The van der Waals surface area contributed by atoms with Crippen LogP contribution in [0.1, 0.15) is 26.1 Å². The summed E-state index contributed by atoms with van der Waals surface area (Å²) in [4.78, 5) is 18.9. The molecule has 1 amide bonds. The van der Waals surface area contributed by atoms with E-state index in [4.69, 9.17) is 5.26 Å². The lowest BCUT2D eigenvalue weighted by molar-refractivity contribution is -0.116. The Bertz CT molecular complexity index is 395. The Hall–Kier alpha value is -1.96. The smallest absolute Gasteiger partial charge is 0.234 e. The van der Waals surface area contributed by atoms with Crippen molar-refractivity contribution in [1.29, 1.82) is 5.26 Å². The molecule has 0 spiro atoms. The van der Waals surface area contributed by atoms with Crippen molar-refractivity contribution in [3.8, 4) is 6.07 Å². The van der Waals surface area contributed by atoms with Crippen LogP contribution in [-0.4, -0.2) is 15.9 Å². The Balaban J connectivity index is 2.65. The van der Waals surface area contributed by atoms with Gasteiger partial charge in [-0.15, -0.1) is 0 Å². The first-order valence-electron chi connectivity index (χ1n) is 4.65. The molecule has 0 aromatic carbocycles. The molecule has 0 unspecified atom stereocenters. The van der Waals surface area contributed by atoms with Crippen LogP contribution in [-0.2, 0) is 4.79 Å². The van der Waals surface area contributed by atoms with E-state index in [-0.39, 0.29) is 11.7 Å². The standard InChI is InChI=1S/C10H12N4O/c1-7(2)5-10(15)14-8-3-4-12-9(6-11)13-8/h3-4,7H,5H2,1-2H3,(H,12,13,14,15). The second-order valence-corrected chi connectivity index (χ2v) is 3.52. The molecule has 5 nitrogen and oxygen atoms in total. The fraction of sp³-hybridized carbons (Fsp3) is 0.400. The van der Waals surface area contributed by atoms with Gasteiger partial charge in [0.05, 0.1) is 0 Å². The Labute approximate surface area is 88.2 Å². The minimum atomic E-state index is -0.104. The highest BCUT2D eigenvalue weighted by atomic mass is 16.1. The third kappa shape index (κ3) is 3.73. The first-order chi connectivity index (χ1) is 7.11. The molecule has 0 aliphatic heterocycles. The second-order valence-electron chi connectivity index (χ2n) is 3.52. The maximum atomic E-state index is 11.4. The largest absolute Gasteiger partial charge is 0.311 e. The number of nitrogens with one attached hydrogen (secondary N) is 1. The summed E-state index contributed by atoms with van der Waals surface area (Å²) in [7, 11) is 0. The van der Waals surface area contributed by atoms with Gasteiger partial charge in [0.15, 0.2) is 0 Å². The minimum absolute atomic E-state index is 0.0531. The summed E-state index contributed by atoms with van der Waals surface area (Å²) in [6.07, 6.45) is 1.88. The average Bonchev–Trinajstić information content (AvgIpc) is 2.16. The van der Waals surface area contributed by atoms with E-state index in [9.17, 15) is 4.79 Å². The van der Waals surface area contributed by atoms with E-state index in [1.807, 2.05) is 19.9 Å². The van der Waals surface area contributed by atoms with Gasteiger partial charge in [-0.25, -0.2) is 9.97 Å². The van der Waals surface area contributed by atoms with Crippen LogP contribution in [0.2, 0.25) is 0 Å². The van der Waals surface area contributed by atoms with Gasteiger partial charge in [0.25, 0.3) is 0 Å². The molecule has 1 N–H and O–H groups in total. The van der Waals surface area contributed by atoms with Crippen molar-refractivity contribution in [2.75, 3.05) is 5.32 Å². The van der Waals surface area contributed by atoms with Crippen molar-refractivity contribution in [1.82, 2.24) is 9.97 Å². The first kappa shape index (κ1) is 11.1. The van der Waals surface area contributed by atoms with E-state index in [1.165, 1.54) is 6.20 Å². The number of amides is 1. The summed E-state index contributed by atoms with van der Waals surface area (Å²) in [5, 5.41) is 11.2. The summed E-state index contributed by atoms with van der Waals surface area (Å²) in [5.41, 5.74) is 0. The maximum Gasteiger partial charge on any atom is 0.234 e. The maximum absolute atomic E-state index is 11.4. The van der Waals surface area contributed by atoms with E-state index in [2.05, 4.69) is 15.3 Å². The molecule has 1 heterocycles. The Morgan fingerprint density at radius 2 is 2.40 bits per heavy atom. The van der Waals surface area contributed by atoms with Crippen LogP contribution in [0, 0.1) is 17.2 Å². The minimum Gasteiger partial charge on any atom is -0.311 e. The molecular weight excluding hydrogens is 192 g/mol. The Morgan fingerprint density at radius 3 is 3.00 bits per heavy atom.